The molecule has 1 aromatic carbocycles. The van der Waals surface area contributed by atoms with E-state index in [2.05, 4.69) is 17.2 Å². The van der Waals surface area contributed by atoms with Crippen molar-refractivity contribution in [1.82, 2.24) is 5.32 Å². The quantitative estimate of drug-likeness (QED) is 0.796. The summed E-state index contributed by atoms with van der Waals surface area (Å²) in [5.41, 5.74) is -2.08. The topological polar surface area (TPSA) is 78.4 Å². The second-order valence-electron chi connectivity index (χ2n) is 3.93. The van der Waals surface area contributed by atoms with Gasteiger partial charge < -0.3 is 15.7 Å². The summed E-state index contributed by atoms with van der Waals surface area (Å²) in [4.78, 5) is 22.2. The second-order valence-corrected chi connectivity index (χ2v) is 4.46. The average Bonchev–Trinajstić information content (AvgIpc) is 2.34. The SMILES string of the molecule is C=C(Cl)CNC(=O)Nc1cc(C(=O)O)cc(C(F)(F)F)c1. The molecule has 0 bridgehead atoms. The minimum atomic E-state index is -4.73. The Morgan fingerprint density at radius 1 is 1.29 bits per heavy atom. The van der Waals surface area contributed by atoms with Crippen molar-refractivity contribution < 1.29 is 27.9 Å². The largest absolute Gasteiger partial charge is 0.478 e. The molecule has 0 unspecified atom stereocenters. The number of benzene rings is 1. The van der Waals surface area contributed by atoms with E-state index in [1.807, 2.05) is 0 Å². The Morgan fingerprint density at radius 2 is 1.90 bits per heavy atom. The van der Waals surface area contributed by atoms with Crippen LogP contribution in [0.5, 0.6) is 0 Å². The van der Waals surface area contributed by atoms with Crippen molar-refractivity contribution in [3.63, 3.8) is 0 Å². The fourth-order valence-corrected chi connectivity index (χ4v) is 1.41. The highest BCUT2D eigenvalue weighted by Gasteiger charge is 2.32. The fraction of sp³-hybridized carbons (Fsp3) is 0.167. The standard InChI is InChI=1S/C12H10ClF3N2O3/c1-6(13)5-17-11(21)18-9-3-7(10(19)20)2-8(4-9)12(14,15)16/h2-4H,1,5H2,(H,19,20)(H2,17,18,21). The predicted molar refractivity (Wildman–Crippen MR) is 70.4 cm³/mol. The van der Waals surface area contributed by atoms with Crippen molar-refractivity contribution in [3.8, 4) is 0 Å². The lowest BCUT2D eigenvalue weighted by Gasteiger charge is -2.12. The van der Waals surface area contributed by atoms with E-state index in [0.717, 1.165) is 6.07 Å². The molecular weight excluding hydrogens is 313 g/mol. The van der Waals surface area contributed by atoms with E-state index in [9.17, 15) is 22.8 Å². The highest BCUT2D eigenvalue weighted by molar-refractivity contribution is 6.29. The van der Waals surface area contributed by atoms with Gasteiger partial charge in [-0.2, -0.15) is 13.2 Å². The van der Waals surface area contributed by atoms with Crippen LogP contribution in [0.25, 0.3) is 0 Å². The van der Waals surface area contributed by atoms with E-state index in [1.54, 1.807) is 0 Å². The fourth-order valence-electron chi connectivity index (χ4n) is 1.34. The maximum Gasteiger partial charge on any atom is 0.416 e. The van der Waals surface area contributed by atoms with Gasteiger partial charge in [0.1, 0.15) is 0 Å². The van der Waals surface area contributed by atoms with Gasteiger partial charge in [0.25, 0.3) is 0 Å². The Hall–Kier alpha value is -2.22. The second kappa shape index (κ2) is 6.49. The molecule has 0 heterocycles. The molecule has 3 N–H and O–H groups in total. The number of rotatable bonds is 4. The van der Waals surface area contributed by atoms with Crippen LogP contribution in [-0.4, -0.2) is 23.7 Å². The lowest BCUT2D eigenvalue weighted by Crippen LogP contribution is -2.29. The van der Waals surface area contributed by atoms with E-state index in [1.165, 1.54) is 0 Å². The van der Waals surface area contributed by atoms with Gasteiger partial charge in [-0.05, 0) is 18.2 Å². The monoisotopic (exact) mass is 322 g/mol. The van der Waals surface area contributed by atoms with Crippen LogP contribution < -0.4 is 10.6 Å². The van der Waals surface area contributed by atoms with Crippen molar-refractivity contribution in [2.75, 3.05) is 11.9 Å². The van der Waals surface area contributed by atoms with Gasteiger partial charge >= 0.3 is 18.2 Å². The molecule has 0 atom stereocenters. The summed E-state index contributed by atoms with van der Waals surface area (Å²) in [6.07, 6.45) is -4.73. The number of halogens is 4. The summed E-state index contributed by atoms with van der Waals surface area (Å²) in [5, 5.41) is 13.2. The zero-order chi connectivity index (χ0) is 16.2. The molecule has 0 aliphatic carbocycles. The molecule has 1 aromatic rings. The third kappa shape index (κ3) is 5.35. The zero-order valence-corrected chi connectivity index (χ0v) is 11.2. The van der Waals surface area contributed by atoms with E-state index >= 15 is 0 Å². The van der Waals surface area contributed by atoms with Gasteiger partial charge in [0, 0.05) is 10.7 Å². The van der Waals surface area contributed by atoms with Gasteiger partial charge in [0.15, 0.2) is 0 Å². The number of carboxylic acid groups (broad SMARTS) is 1. The molecule has 0 aliphatic rings. The third-order valence-electron chi connectivity index (χ3n) is 2.21. The van der Waals surface area contributed by atoms with Crippen LogP contribution in [0, 0.1) is 0 Å². The van der Waals surface area contributed by atoms with Crippen molar-refractivity contribution >= 4 is 29.3 Å². The van der Waals surface area contributed by atoms with Crippen LogP contribution >= 0.6 is 11.6 Å². The number of anilines is 1. The van der Waals surface area contributed by atoms with E-state index < -0.39 is 29.3 Å². The first-order chi connectivity index (χ1) is 9.59. The number of carbonyl (C=O) groups excluding carboxylic acids is 1. The minimum Gasteiger partial charge on any atom is -0.478 e. The van der Waals surface area contributed by atoms with Crippen LogP contribution in [0.1, 0.15) is 15.9 Å². The number of carboxylic acids is 1. The number of carbonyl (C=O) groups is 2. The Morgan fingerprint density at radius 3 is 2.38 bits per heavy atom. The lowest BCUT2D eigenvalue weighted by molar-refractivity contribution is -0.137. The predicted octanol–water partition coefficient (Wildman–Crippen LogP) is 3.28. The van der Waals surface area contributed by atoms with Crippen molar-refractivity contribution in [2.45, 2.75) is 6.18 Å². The minimum absolute atomic E-state index is 0.0852. The molecule has 0 saturated carbocycles. The third-order valence-corrected chi connectivity index (χ3v) is 2.34. The zero-order valence-electron chi connectivity index (χ0n) is 10.4. The Kier molecular flexibility index (Phi) is 5.20. The van der Waals surface area contributed by atoms with Gasteiger partial charge in [-0.1, -0.05) is 18.2 Å². The molecule has 1 rings (SSSR count). The Labute approximate surface area is 122 Å². The molecule has 0 fully saturated rings. The molecule has 5 nitrogen and oxygen atoms in total. The molecule has 0 aromatic heterocycles. The van der Waals surface area contributed by atoms with Crippen molar-refractivity contribution in [3.05, 3.63) is 40.9 Å². The van der Waals surface area contributed by atoms with Gasteiger partial charge in [0.2, 0.25) is 0 Å². The van der Waals surface area contributed by atoms with E-state index in [-0.39, 0.29) is 17.3 Å². The Balaban J connectivity index is 3.01. The van der Waals surface area contributed by atoms with E-state index in [4.69, 9.17) is 16.7 Å². The number of urea groups is 1. The first-order valence-electron chi connectivity index (χ1n) is 5.43. The molecule has 0 radical (unpaired) electrons. The highest BCUT2D eigenvalue weighted by Crippen LogP contribution is 2.32. The summed E-state index contributed by atoms with van der Waals surface area (Å²) in [6, 6.07) is 1.17. The molecule has 0 spiro atoms. The van der Waals surface area contributed by atoms with Crippen molar-refractivity contribution in [1.29, 1.82) is 0 Å². The summed E-state index contributed by atoms with van der Waals surface area (Å²) < 4.78 is 38.0. The van der Waals surface area contributed by atoms with Crippen LogP contribution in [0.3, 0.4) is 0 Å². The molecule has 9 heteroatoms. The smallest absolute Gasteiger partial charge is 0.416 e. The van der Waals surface area contributed by atoms with E-state index in [0.29, 0.717) is 12.1 Å². The summed E-state index contributed by atoms with van der Waals surface area (Å²) in [7, 11) is 0. The molecule has 0 saturated heterocycles. The Bertz CT molecular complexity index is 588. The van der Waals surface area contributed by atoms with Crippen LogP contribution in [0.2, 0.25) is 0 Å². The van der Waals surface area contributed by atoms with Crippen LogP contribution in [0.4, 0.5) is 23.7 Å². The number of aromatic carboxylic acids is 1. The van der Waals surface area contributed by atoms with Crippen molar-refractivity contribution in [2.24, 2.45) is 0 Å². The number of hydrogen-bond donors (Lipinski definition) is 3. The van der Waals surface area contributed by atoms with Gasteiger partial charge in [-0.3, -0.25) is 0 Å². The number of nitrogens with one attached hydrogen (secondary N) is 2. The summed E-state index contributed by atoms with van der Waals surface area (Å²) in [6.45, 7) is 3.23. The molecule has 114 valence electrons. The normalized spacial score (nSPS) is 10.9. The maximum absolute atomic E-state index is 12.7. The van der Waals surface area contributed by atoms with Crippen LogP contribution in [-0.2, 0) is 6.18 Å². The van der Waals surface area contributed by atoms with Crippen LogP contribution in [0.15, 0.2) is 29.8 Å². The highest BCUT2D eigenvalue weighted by atomic mass is 35.5. The number of amides is 2. The number of alkyl halides is 3. The molecule has 0 aliphatic heterocycles. The summed E-state index contributed by atoms with van der Waals surface area (Å²) >= 11 is 5.41. The lowest BCUT2D eigenvalue weighted by atomic mass is 10.1. The molecule has 2 amide bonds. The first kappa shape index (κ1) is 16.8. The summed E-state index contributed by atoms with van der Waals surface area (Å²) in [5.74, 6) is -1.54. The first-order valence-corrected chi connectivity index (χ1v) is 5.81. The van der Waals surface area contributed by atoms with Gasteiger partial charge in [0.05, 0.1) is 17.7 Å². The molecular formula is C12H10ClF3N2O3. The maximum atomic E-state index is 12.7. The molecule has 21 heavy (non-hydrogen) atoms. The number of hydrogen-bond acceptors (Lipinski definition) is 2. The average molecular weight is 323 g/mol. The van der Waals surface area contributed by atoms with Gasteiger partial charge in [-0.25, -0.2) is 9.59 Å². The van der Waals surface area contributed by atoms with Gasteiger partial charge in [-0.15, -0.1) is 0 Å².